The van der Waals surface area contributed by atoms with Crippen molar-refractivity contribution < 1.29 is 4.79 Å². The molecule has 0 aliphatic rings. The Kier molecular flexibility index (Phi) is 4.01. The molecule has 0 aromatic carbocycles. The van der Waals surface area contributed by atoms with Crippen LogP contribution in [0.1, 0.15) is 22.5 Å². The molecule has 0 unspecified atom stereocenters. The van der Waals surface area contributed by atoms with Crippen molar-refractivity contribution in [3.8, 4) is 12.3 Å². The van der Waals surface area contributed by atoms with E-state index in [1.165, 1.54) is 11.3 Å². The van der Waals surface area contributed by atoms with E-state index in [1.807, 2.05) is 23.6 Å². The van der Waals surface area contributed by atoms with E-state index in [2.05, 4.69) is 5.92 Å². The van der Waals surface area contributed by atoms with E-state index in [9.17, 15) is 4.79 Å². The first-order valence-corrected chi connectivity index (χ1v) is 4.90. The van der Waals surface area contributed by atoms with Gasteiger partial charge in [0.1, 0.15) is 0 Å². The molecule has 0 aliphatic heterocycles. The van der Waals surface area contributed by atoms with Crippen LogP contribution in [0.4, 0.5) is 0 Å². The molecule has 0 bridgehead atoms. The zero-order valence-corrected chi connectivity index (χ0v) is 8.01. The highest BCUT2D eigenvalue weighted by Crippen LogP contribution is 2.09. The Labute approximate surface area is 82.1 Å². The molecule has 0 amide bonds. The summed E-state index contributed by atoms with van der Waals surface area (Å²) in [5, 5.41) is 1.89. The van der Waals surface area contributed by atoms with Crippen LogP contribution in [-0.2, 0) is 0 Å². The van der Waals surface area contributed by atoms with Crippen molar-refractivity contribution in [3.05, 3.63) is 34.5 Å². The predicted octanol–water partition coefficient (Wildman–Crippen LogP) is 2.90. The van der Waals surface area contributed by atoms with Crippen LogP contribution in [-0.4, -0.2) is 5.78 Å². The summed E-state index contributed by atoms with van der Waals surface area (Å²) >= 11 is 1.45. The van der Waals surface area contributed by atoms with Crippen molar-refractivity contribution in [2.45, 2.75) is 12.8 Å². The maximum absolute atomic E-state index is 11.3. The number of unbranched alkanes of at least 4 members (excludes halogenated alkanes) is 1. The Morgan fingerprint density at radius 2 is 2.54 bits per heavy atom. The summed E-state index contributed by atoms with van der Waals surface area (Å²) in [6.07, 6.45) is 9.94. The van der Waals surface area contributed by atoms with Crippen LogP contribution in [0.15, 0.2) is 29.7 Å². The Balaban J connectivity index is 2.43. The van der Waals surface area contributed by atoms with Gasteiger partial charge in [0.05, 0.1) is 4.88 Å². The second-order valence-corrected chi connectivity index (χ2v) is 3.43. The maximum Gasteiger partial charge on any atom is 0.195 e. The van der Waals surface area contributed by atoms with Gasteiger partial charge in [-0.1, -0.05) is 12.1 Å². The highest BCUT2D eigenvalue weighted by molar-refractivity contribution is 7.12. The monoisotopic (exact) mass is 190 g/mol. The first-order valence-electron chi connectivity index (χ1n) is 4.02. The van der Waals surface area contributed by atoms with Crippen molar-refractivity contribution in [1.82, 2.24) is 0 Å². The minimum atomic E-state index is 0.0621. The lowest BCUT2D eigenvalue weighted by molar-refractivity contribution is 0.105. The van der Waals surface area contributed by atoms with E-state index in [0.717, 1.165) is 11.3 Å². The molecule has 0 fully saturated rings. The molecule has 66 valence electrons. The molecule has 1 aromatic heterocycles. The quantitative estimate of drug-likeness (QED) is 0.309. The smallest absolute Gasteiger partial charge is 0.195 e. The van der Waals surface area contributed by atoms with E-state index in [1.54, 1.807) is 6.08 Å². The van der Waals surface area contributed by atoms with Gasteiger partial charge in [-0.25, -0.2) is 0 Å². The predicted molar refractivity (Wildman–Crippen MR) is 55.9 cm³/mol. The van der Waals surface area contributed by atoms with Crippen LogP contribution in [0.5, 0.6) is 0 Å². The van der Waals surface area contributed by atoms with E-state index in [0.29, 0.717) is 6.42 Å². The van der Waals surface area contributed by atoms with Gasteiger partial charge in [-0.15, -0.1) is 23.7 Å². The van der Waals surface area contributed by atoms with Crippen LogP contribution in [0.2, 0.25) is 0 Å². The Hall–Kier alpha value is -1.33. The lowest BCUT2D eigenvalue weighted by Gasteiger charge is -1.87. The molecule has 13 heavy (non-hydrogen) atoms. The second-order valence-electron chi connectivity index (χ2n) is 2.49. The third-order valence-corrected chi connectivity index (χ3v) is 2.37. The lowest BCUT2D eigenvalue weighted by Crippen LogP contribution is -1.88. The lowest BCUT2D eigenvalue weighted by atomic mass is 10.2. The summed E-state index contributed by atoms with van der Waals surface area (Å²) in [6.45, 7) is 0. The number of carbonyl (C=O) groups excluding carboxylic acids is 1. The largest absolute Gasteiger partial charge is 0.288 e. The van der Waals surface area contributed by atoms with Crippen molar-refractivity contribution in [3.63, 3.8) is 0 Å². The normalized spacial score (nSPS) is 10.1. The minimum absolute atomic E-state index is 0.0621. The highest BCUT2D eigenvalue weighted by Gasteiger charge is 2.00. The summed E-state index contributed by atoms with van der Waals surface area (Å²) in [7, 11) is 0. The number of hydrogen-bond acceptors (Lipinski definition) is 2. The van der Waals surface area contributed by atoms with E-state index in [4.69, 9.17) is 6.42 Å². The van der Waals surface area contributed by atoms with Gasteiger partial charge in [0.2, 0.25) is 0 Å². The molecule has 2 heteroatoms. The van der Waals surface area contributed by atoms with Crippen molar-refractivity contribution in [2.75, 3.05) is 0 Å². The van der Waals surface area contributed by atoms with Gasteiger partial charge in [0.15, 0.2) is 5.78 Å². The van der Waals surface area contributed by atoms with Gasteiger partial charge in [0.25, 0.3) is 0 Å². The zero-order chi connectivity index (χ0) is 9.52. The van der Waals surface area contributed by atoms with Gasteiger partial charge >= 0.3 is 0 Å². The van der Waals surface area contributed by atoms with Crippen LogP contribution >= 0.6 is 11.3 Å². The van der Waals surface area contributed by atoms with Crippen LogP contribution < -0.4 is 0 Å². The zero-order valence-electron chi connectivity index (χ0n) is 7.19. The molecule has 0 saturated carbocycles. The second kappa shape index (κ2) is 5.34. The molecule has 1 aromatic rings. The Morgan fingerprint density at radius 1 is 1.69 bits per heavy atom. The fourth-order valence-corrected chi connectivity index (χ4v) is 1.50. The fourth-order valence-electron chi connectivity index (χ4n) is 0.858. The first-order chi connectivity index (χ1) is 6.34. The molecule has 1 rings (SSSR count). The molecule has 0 saturated heterocycles. The van der Waals surface area contributed by atoms with Gasteiger partial charge in [0, 0.05) is 6.42 Å². The van der Waals surface area contributed by atoms with Crippen molar-refractivity contribution in [2.24, 2.45) is 0 Å². The molecule has 0 N–H and O–H groups in total. The van der Waals surface area contributed by atoms with E-state index < -0.39 is 0 Å². The number of hydrogen-bond donors (Lipinski definition) is 0. The average molecular weight is 190 g/mol. The standard InChI is InChI=1S/C11H10OS/c1-2-3-4-5-7-10(12)11-8-6-9-13-11/h1,5-9H,3-4H2/b7-5+. The number of ketones is 1. The van der Waals surface area contributed by atoms with Crippen molar-refractivity contribution >= 4 is 17.1 Å². The molecule has 1 heterocycles. The third kappa shape index (κ3) is 3.27. The van der Waals surface area contributed by atoms with Crippen molar-refractivity contribution in [1.29, 1.82) is 0 Å². The van der Waals surface area contributed by atoms with E-state index in [-0.39, 0.29) is 5.78 Å². The SMILES string of the molecule is C#CCC/C=C/C(=O)c1cccs1. The Bertz CT molecular complexity index is 327. The summed E-state index contributed by atoms with van der Waals surface area (Å²) in [4.78, 5) is 12.1. The average Bonchev–Trinajstić information content (AvgIpc) is 2.65. The summed E-state index contributed by atoms with van der Waals surface area (Å²) in [6, 6.07) is 3.69. The number of carbonyl (C=O) groups is 1. The van der Waals surface area contributed by atoms with Crippen LogP contribution in [0.3, 0.4) is 0 Å². The van der Waals surface area contributed by atoms with Gasteiger partial charge in [-0.2, -0.15) is 0 Å². The van der Waals surface area contributed by atoms with Crippen LogP contribution in [0, 0.1) is 12.3 Å². The number of terminal acetylenes is 1. The number of rotatable bonds is 4. The minimum Gasteiger partial charge on any atom is -0.288 e. The molecular formula is C11H10OS. The summed E-state index contributed by atoms with van der Waals surface area (Å²) in [5.74, 6) is 2.58. The molecule has 0 spiro atoms. The maximum atomic E-state index is 11.3. The molecule has 0 aliphatic carbocycles. The molecule has 1 nitrogen and oxygen atoms in total. The topological polar surface area (TPSA) is 17.1 Å². The molecular weight excluding hydrogens is 180 g/mol. The third-order valence-electron chi connectivity index (χ3n) is 1.49. The highest BCUT2D eigenvalue weighted by atomic mass is 32.1. The fraction of sp³-hybridized carbons (Fsp3) is 0.182. The van der Waals surface area contributed by atoms with Gasteiger partial charge in [-0.05, 0) is 23.9 Å². The number of thiophene rings is 1. The summed E-state index contributed by atoms with van der Waals surface area (Å²) in [5.41, 5.74) is 0. The molecule has 0 radical (unpaired) electrons. The summed E-state index contributed by atoms with van der Waals surface area (Å²) < 4.78 is 0. The van der Waals surface area contributed by atoms with Gasteiger partial charge in [-0.3, -0.25) is 4.79 Å². The van der Waals surface area contributed by atoms with E-state index >= 15 is 0 Å². The van der Waals surface area contributed by atoms with Crippen LogP contribution in [0.25, 0.3) is 0 Å². The Morgan fingerprint density at radius 3 is 3.15 bits per heavy atom. The molecule has 0 atom stereocenters. The first kappa shape index (κ1) is 9.76. The number of allylic oxidation sites excluding steroid dienone is 2. The van der Waals surface area contributed by atoms with Gasteiger partial charge < -0.3 is 0 Å².